The Hall–Kier alpha value is -4.10. The Balaban J connectivity index is 2.10. The fourth-order valence-electron chi connectivity index (χ4n) is 2.65. The van der Waals surface area contributed by atoms with Crippen molar-refractivity contribution in [2.24, 2.45) is 0 Å². The number of anilines is 1. The highest BCUT2D eigenvalue weighted by atomic mass is 19.1. The molecule has 0 radical (unpaired) electrons. The number of rotatable bonds is 4. The number of benzene rings is 2. The van der Waals surface area contributed by atoms with Crippen LogP contribution in [0.25, 0.3) is 11.1 Å². The van der Waals surface area contributed by atoms with Crippen molar-refractivity contribution in [3.05, 3.63) is 81.4 Å². The van der Waals surface area contributed by atoms with E-state index >= 15 is 0 Å². The van der Waals surface area contributed by atoms with Gasteiger partial charge in [-0.3, -0.25) is 4.79 Å². The van der Waals surface area contributed by atoms with Crippen LogP contribution in [0, 0.1) is 28.5 Å². The first-order valence-electron chi connectivity index (χ1n) is 7.87. The van der Waals surface area contributed by atoms with Gasteiger partial charge >= 0.3 is 0 Å². The maximum absolute atomic E-state index is 13.0. The van der Waals surface area contributed by atoms with Crippen LogP contribution in [-0.2, 0) is 6.61 Å². The lowest BCUT2D eigenvalue weighted by Crippen LogP contribution is -2.16. The fourth-order valence-corrected chi connectivity index (χ4v) is 2.65. The zero-order valence-electron chi connectivity index (χ0n) is 14.0. The van der Waals surface area contributed by atoms with E-state index in [0.717, 1.165) is 5.56 Å². The highest BCUT2D eigenvalue weighted by Crippen LogP contribution is 2.35. The lowest BCUT2D eigenvalue weighted by atomic mass is 9.96. The Bertz CT molecular complexity index is 1140. The molecule has 0 saturated heterocycles. The van der Waals surface area contributed by atoms with Gasteiger partial charge < -0.3 is 15.5 Å². The van der Waals surface area contributed by atoms with E-state index in [-0.39, 0.29) is 34.9 Å². The first-order valence-corrected chi connectivity index (χ1v) is 7.87. The lowest BCUT2D eigenvalue weighted by Gasteiger charge is -2.14. The minimum Gasteiger partial charge on any atom is -0.488 e. The molecule has 1 heterocycles. The average molecular weight is 360 g/mol. The largest absolute Gasteiger partial charge is 0.488 e. The molecule has 0 unspecified atom stereocenters. The Morgan fingerprint density at radius 2 is 1.70 bits per heavy atom. The van der Waals surface area contributed by atoms with Crippen molar-refractivity contribution < 1.29 is 9.13 Å². The number of hydrogen-bond donors (Lipinski definition) is 2. The molecule has 3 rings (SSSR count). The van der Waals surface area contributed by atoms with Crippen LogP contribution < -0.4 is 16.0 Å². The van der Waals surface area contributed by atoms with Crippen LogP contribution >= 0.6 is 0 Å². The second kappa shape index (κ2) is 7.42. The van der Waals surface area contributed by atoms with Gasteiger partial charge in [-0.2, -0.15) is 10.5 Å². The van der Waals surface area contributed by atoms with Gasteiger partial charge in [0.2, 0.25) is 0 Å². The number of aromatic nitrogens is 1. The van der Waals surface area contributed by atoms with Gasteiger partial charge in [0.15, 0.2) is 0 Å². The number of ether oxygens (including phenoxy) is 1. The molecule has 0 fully saturated rings. The second-order valence-corrected chi connectivity index (χ2v) is 5.63. The SMILES string of the molecule is N#Cc1c(N)[nH]c(=O)c(C#N)c1-c1ccccc1OCc1ccc(F)cc1. The predicted molar refractivity (Wildman–Crippen MR) is 97.1 cm³/mol. The molecule has 3 aromatic rings. The fraction of sp³-hybridized carbons (Fsp3) is 0.0500. The summed E-state index contributed by atoms with van der Waals surface area (Å²) in [6.45, 7) is 0.139. The van der Waals surface area contributed by atoms with E-state index in [2.05, 4.69) is 4.98 Å². The topological polar surface area (TPSA) is 116 Å². The zero-order valence-corrected chi connectivity index (χ0v) is 14.0. The molecular weight excluding hydrogens is 347 g/mol. The van der Waals surface area contributed by atoms with Crippen LogP contribution in [0.2, 0.25) is 0 Å². The van der Waals surface area contributed by atoms with E-state index in [4.69, 9.17) is 10.5 Å². The number of nitrogen functional groups attached to an aromatic ring is 1. The van der Waals surface area contributed by atoms with Crippen molar-refractivity contribution in [1.82, 2.24) is 4.98 Å². The van der Waals surface area contributed by atoms with Gasteiger partial charge in [-0.1, -0.05) is 30.3 Å². The van der Waals surface area contributed by atoms with Crippen molar-refractivity contribution >= 4 is 5.82 Å². The maximum atomic E-state index is 13.0. The summed E-state index contributed by atoms with van der Waals surface area (Å²) in [7, 11) is 0. The molecule has 27 heavy (non-hydrogen) atoms. The monoisotopic (exact) mass is 360 g/mol. The molecule has 3 N–H and O–H groups in total. The molecule has 0 aliphatic heterocycles. The molecule has 0 saturated carbocycles. The average Bonchev–Trinajstić information content (AvgIpc) is 2.67. The van der Waals surface area contributed by atoms with Crippen molar-refractivity contribution in [2.45, 2.75) is 6.61 Å². The predicted octanol–water partition coefficient (Wildman–Crippen LogP) is 3.09. The lowest BCUT2D eigenvalue weighted by molar-refractivity contribution is 0.307. The molecule has 0 bridgehead atoms. The highest BCUT2D eigenvalue weighted by Gasteiger charge is 2.20. The van der Waals surface area contributed by atoms with E-state index in [1.165, 1.54) is 12.1 Å². The minimum atomic E-state index is -0.683. The number of nitrogens with one attached hydrogen (secondary N) is 1. The normalized spacial score (nSPS) is 10.0. The van der Waals surface area contributed by atoms with E-state index < -0.39 is 5.56 Å². The first kappa shape index (κ1) is 17.7. The summed E-state index contributed by atoms with van der Waals surface area (Å²) in [5, 5.41) is 18.9. The van der Waals surface area contributed by atoms with Crippen LogP contribution in [0.15, 0.2) is 53.3 Å². The summed E-state index contributed by atoms with van der Waals surface area (Å²) in [4.78, 5) is 14.4. The Labute approximate surface area is 153 Å². The van der Waals surface area contributed by atoms with Gasteiger partial charge in [-0.05, 0) is 23.8 Å². The maximum Gasteiger partial charge on any atom is 0.268 e. The molecule has 1 aromatic heterocycles. The molecule has 6 nitrogen and oxygen atoms in total. The molecule has 0 atom stereocenters. The van der Waals surface area contributed by atoms with Crippen LogP contribution in [-0.4, -0.2) is 4.98 Å². The minimum absolute atomic E-state index is 0.0102. The molecule has 0 spiro atoms. The van der Waals surface area contributed by atoms with Crippen LogP contribution in [0.3, 0.4) is 0 Å². The van der Waals surface area contributed by atoms with Crippen molar-refractivity contribution in [3.8, 4) is 29.0 Å². The molecular formula is C20H13FN4O2. The van der Waals surface area contributed by atoms with Gasteiger partial charge in [0.05, 0.1) is 0 Å². The molecule has 2 aromatic carbocycles. The van der Waals surface area contributed by atoms with Gasteiger partial charge in [-0.25, -0.2) is 4.39 Å². The Kier molecular flexibility index (Phi) is 4.87. The summed E-state index contributed by atoms with van der Waals surface area (Å²) in [6.07, 6.45) is 0. The van der Waals surface area contributed by atoms with Crippen LogP contribution in [0.4, 0.5) is 10.2 Å². The van der Waals surface area contributed by atoms with Crippen molar-refractivity contribution in [2.75, 3.05) is 5.73 Å². The third-order valence-electron chi connectivity index (χ3n) is 3.93. The number of aromatic amines is 1. The third-order valence-corrected chi connectivity index (χ3v) is 3.93. The van der Waals surface area contributed by atoms with Gasteiger partial charge in [-0.15, -0.1) is 0 Å². The van der Waals surface area contributed by atoms with Gasteiger partial charge in [0, 0.05) is 11.1 Å². The van der Waals surface area contributed by atoms with Crippen molar-refractivity contribution in [3.63, 3.8) is 0 Å². The quantitative estimate of drug-likeness (QED) is 0.742. The van der Waals surface area contributed by atoms with Crippen LogP contribution in [0.5, 0.6) is 5.75 Å². The summed E-state index contributed by atoms with van der Waals surface area (Å²) < 4.78 is 18.8. The van der Waals surface area contributed by atoms with Gasteiger partial charge in [0.25, 0.3) is 5.56 Å². The van der Waals surface area contributed by atoms with E-state index in [1.807, 2.05) is 12.1 Å². The van der Waals surface area contributed by atoms with Gasteiger partial charge in [0.1, 0.15) is 47.3 Å². The van der Waals surface area contributed by atoms with E-state index in [1.54, 1.807) is 36.4 Å². The number of nitrogens with zero attached hydrogens (tertiary/aromatic N) is 2. The number of H-pyrrole nitrogens is 1. The third kappa shape index (κ3) is 3.48. The molecule has 0 aliphatic carbocycles. The Morgan fingerprint density at radius 3 is 2.37 bits per heavy atom. The number of halogens is 1. The number of nitriles is 2. The van der Waals surface area contributed by atoms with Crippen molar-refractivity contribution in [1.29, 1.82) is 10.5 Å². The van der Waals surface area contributed by atoms with Crippen LogP contribution in [0.1, 0.15) is 16.7 Å². The number of nitrogens with two attached hydrogens (primary N) is 1. The number of hydrogen-bond acceptors (Lipinski definition) is 5. The summed E-state index contributed by atoms with van der Waals surface area (Å²) in [6, 6.07) is 16.3. The highest BCUT2D eigenvalue weighted by molar-refractivity contribution is 5.83. The van der Waals surface area contributed by atoms with E-state index in [0.29, 0.717) is 11.3 Å². The summed E-state index contributed by atoms with van der Waals surface area (Å²) in [5.74, 6) is -0.111. The number of para-hydroxylation sites is 1. The summed E-state index contributed by atoms with van der Waals surface area (Å²) >= 11 is 0. The standard InChI is InChI=1S/C20H13FN4O2/c21-13-7-5-12(6-8-13)11-27-17-4-2-1-3-14(17)18-15(9-22)19(24)25-20(26)16(18)10-23/h1-8H,11H2,(H3,24,25,26). The smallest absolute Gasteiger partial charge is 0.268 e. The van der Waals surface area contributed by atoms with E-state index in [9.17, 15) is 19.7 Å². The molecule has 0 aliphatic rings. The number of pyridine rings is 1. The molecule has 0 amide bonds. The summed E-state index contributed by atoms with van der Waals surface area (Å²) in [5.41, 5.74) is 6.09. The zero-order chi connectivity index (χ0) is 19.4. The first-order chi connectivity index (χ1) is 13.0. The molecule has 132 valence electrons. The second-order valence-electron chi connectivity index (χ2n) is 5.63. The molecule has 7 heteroatoms. The Morgan fingerprint density at radius 1 is 1.04 bits per heavy atom.